The fourth-order valence-corrected chi connectivity index (χ4v) is 4.04. The molecule has 2 aromatic carbocycles. The molecule has 0 spiro atoms. The number of aromatic nitrogens is 1. The van der Waals surface area contributed by atoms with Crippen LogP contribution in [-0.4, -0.2) is 20.1 Å². The Labute approximate surface area is 138 Å². The van der Waals surface area contributed by atoms with Gasteiger partial charge in [0.15, 0.2) is 0 Å². The van der Waals surface area contributed by atoms with Gasteiger partial charge >= 0.3 is 0 Å². The lowest BCUT2D eigenvalue weighted by molar-refractivity contribution is 0.412. The highest BCUT2D eigenvalue weighted by Crippen LogP contribution is 2.21. The molecule has 118 valence electrons. The summed E-state index contributed by atoms with van der Waals surface area (Å²) in [5, 5.41) is 1.78. The molecule has 0 saturated carbocycles. The number of nitrogens with zero attached hydrogens (tertiary/aromatic N) is 2. The monoisotopic (exact) mass is 346 g/mol. The molecule has 0 amide bonds. The van der Waals surface area contributed by atoms with Crippen LogP contribution in [0.25, 0.3) is 5.69 Å². The maximum Gasteiger partial charge on any atom is 0.285 e. The van der Waals surface area contributed by atoms with Crippen LogP contribution in [0.1, 0.15) is 0 Å². The molecule has 0 radical (unpaired) electrons. The average molecular weight is 346 g/mol. The second-order valence-corrected chi connectivity index (χ2v) is 7.08. The third-order valence-corrected chi connectivity index (χ3v) is 5.33. The Morgan fingerprint density at radius 1 is 1.04 bits per heavy atom. The van der Waals surface area contributed by atoms with Gasteiger partial charge < -0.3 is 4.74 Å². The van der Waals surface area contributed by atoms with Gasteiger partial charge in [-0.05, 0) is 24.3 Å². The van der Waals surface area contributed by atoms with Crippen LogP contribution in [-0.2, 0) is 10.0 Å². The van der Waals surface area contributed by atoms with E-state index in [1.165, 1.54) is 23.5 Å². The highest BCUT2D eigenvalue weighted by atomic mass is 32.2. The van der Waals surface area contributed by atoms with Gasteiger partial charge in [-0.2, -0.15) is 8.42 Å². The highest BCUT2D eigenvalue weighted by Gasteiger charge is 2.13. The van der Waals surface area contributed by atoms with Gasteiger partial charge in [0.05, 0.1) is 17.7 Å². The first kappa shape index (κ1) is 15.5. The lowest BCUT2D eigenvalue weighted by Crippen LogP contribution is -2.15. The van der Waals surface area contributed by atoms with E-state index < -0.39 is 10.0 Å². The van der Waals surface area contributed by atoms with E-state index in [4.69, 9.17) is 4.74 Å². The average Bonchev–Trinajstić information content (AvgIpc) is 3.03. The van der Waals surface area contributed by atoms with Crippen LogP contribution in [0.2, 0.25) is 0 Å². The summed E-state index contributed by atoms with van der Waals surface area (Å²) in [6, 6.07) is 15.5. The van der Waals surface area contributed by atoms with Gasteiger partial charge in [0.2, 0.25) is 4.80 Å². The van der Waals surface area contributed by atoms with Crippen LogP contribution in [0.4, 0.5) is 0 Å². The first-order chi connectivity index (χ1) is 11.1. The van der Waals surface area contributed by atoms with E-state index in [1.54, 1.807) is 41.5 Å². The van der Waals surface area contributed by atoms with Crippen molar-refractivity contribution in [1.29, 1.82) is 0 Å². The van der Waals surface area contributed by atoms with E-state index in [-0.39, 0.29) is 4.90 Å². The predicted octanol–water partition coefficient (Wildman–Crippen LogP) is 2.84. The zero-order chi connectivity index (χ0) is 16.3. The lowest BCUT2D eigenvalue weighted by Gasteiger charge is -2.08. The summed E-state index contributed by atoms with van der Waals surface area (Å²) in [6.45, 7) is 0. The van der Waals surface area contributed by atoms with Crippen LogP contribution in [0.3, 0.4) is 0 Å². The van der Waals surface area contributed by atoms with Gasteiger partial charge in [0.25, 0.3) is 10.0 Å². The van der Waals surface area contributed by atoms with Crippen LogP contribution in [0.5, 0.6) is 5.75 Å². The first-order valence-corrected chi connectivity index (χ1v) is 9.09. The van der Waals surface area contributed by atoms with Gasteiger partial charge in [0, 0.05) is 11.6 Å². The van der Waals surface area contributed by atoms with Crippen LogP contribution in [0.15, 0.2) is 75.5 Å². The van der Waals surface area contributed by atoms with Gasteiger partial charge in [-0.15, -0.1) is 15.7 Å². The predicted molar refractivity (Wildman–Crippen MR) is 89.4 cm³/mol. The van der Waals surface area contributed by atoms with Gasteiger partial charge in [-0.1, -0.05) is 30.3 Å². The number of benzene rings is 2. The van der Waals surface area contributed by atoms with E-state index in [9.17, 15) is 8.42 Å². The van der Waals surface area contributed by atoms with Crippen molar-refractivity contribution >= 4 is 21.4 Å². The maximum absolute atomic E-state index is 12.4. The number of ether oxygens (including phenoxy) is 1. The Balaban J connectivity index is 2.15. The smallest absolute Gasteiger partial charge is 0.285 e. The molecule has 23 heavy (non-hydrogen) atoms. The minimum Gasteiger partial charge on any atom is -0.495 e. The second-order valence-electron chi connectivity index (χ2n) is 4.61. The number of sulfonamides is 1. The highest BCUT2D eigenvalue weighted by molar-refractivity contribution is 7.90. The van der Waals surface area contributed by atoms with E-state index in [2.05, 4.69) is 4.40 Å². The first-order valence-electron chi connectivity index (χ1n) is 6.77. The molecule has 0 bridgehead atoms. The summed E-state index contributed by atoms with van der Waals surface area (Å²) in [7, 11) is -2.19. The number of thiazole rings is 1. The van der Waals surface area contributed by atoms with Crippen molar-refractivity contribution in [2.45, 2.75) is 4.90 Å². The normalized spacial score (nSPS) is 12.3. The fraction of sp³-hybridized carbons (Fsp3) is 0.0625. The van der Waals surface area contributed by atoms with Crippen molar-refractivity contribution < 1.29 is 13.2 Å². The summed E-state index contributed by atoms with van der Waals surface area (Å²) in [5.74, 6) is 0.643. The third-order valence-electron chi connectivity index (χ3n) is 3.17. The SMILES string of the molecule is COc1ccccc1-n1ccs/c1=N\S(=O)(=O)c1ccccc1. The van der Waals surface area contributed by atoms with E-state index in [0.717, 1.165) is 5.69 Å². The maximum atomic E-state index is 12.4. The molecule has 0 atom stereocenters. The summed E-state index contributed by atoms with van der Waals surface area (Å²) in [4.78, 5) is 0.526. The third kappa shape index (κ3) is 3.20. The van der Waals surface area contributed by atoms with Crippen LogP contribution < -0.4 is 9.54 Å². The molecule has 0 aliphatic rings. The molecule has 1 aromatic heterocycles. The van der Waals surface area contributed by atoms with E-state index in [0.29, 0.717) is 10.6 Å². The quantitative estimate of drug-likeness (QED) is 0.730. The molecule has 1 heterocycles. The Kier molecular flexibility index (Phi) is 4.31. The molecule has 7 heteroatoms. The van der Waals surface area contributed by atoms with Crippen molar-refractivity contribution in [3.8, 4) is 11.4 Å². The molecule has 0 saturated heterocycles. The number of hydrogen-bond acceptors (Lipinski definition) is 4. The molecular weight excluding hydrogens is 332 g/mol. The molecule has 0 N–H and O–H groups in total. The van der Waals surface area contributed by atoms with Crippen molar-refractivity contribution in [2.75, 3.05) is 7.11 Å². The Morgan fingerprint density at radius 2 is 1.74 bits per heavy atom. The standard InChI is InChI=1S/C16H14N2O3S2/c1-21-15-10-6-5-9-14(15)18-11-12-22-16(18)17-23(19,20)13-7-3-2-4-8-13/h2-12H,1H3/b17-16-. The summed E-state index contributed by atoms with van der Waals surface area (Å²) < 4.78 is 35.9. The molecule has 5 nitrogen and oxygen atoms in total. The Morgan fingerprint density at radius 3 is 2.48 bits per heavy atom. The van der Waals surface area contributed by atoms with Crippen LogP contribution in [0, 0.1) is 0 Å². The van der Waals surface area contributed by atoms with Crippen LogP contribution >= 0.6 is 11.3 Å². The number of hydrogen-bond donors (Lipinski definition) is 0. The molecule has 0 aliphatic heterocycles. The van der Waals surface area contributed by atoms with E-state index >= 15 is 0 Å². The topological polar surface area (TPSA) is 60.7 Å². The molecule has 3 aromatic rings. The Hall–Kier alpha value is -2.38. The molecule has 0 unspecified atom stereocenters. The number of methoxy groups -OCH3 is 1. The summed E-state index contributed by atoms with van der Waals surface area (Å²) >= 11 is 1.25. The number of rotatable bonds is 4. The van der Waals surface area contributed by atoms with E-state index in [1.807, 2.05) is 24.3 Å². The molecule has 3 rings (SSSR count). The second kappa shape index (κ2) is 6.39. The fourth-order valence-electron chi connectivity index (χ4n) is 2.10. The largest absolute Gasteiger partial charge is 0.495 e. The zero-order valence-electron chi connectivity index (χ0n) is 12.3. The zero-order valence-corrected chi connectivity index (χ0v) is 13.9. The van der Waals surface area contributed by atoms with Crippen molar-refractivity contribution in [3.05, 3.63) is 71.0 Å². The van der Waals surface area contributed by atoms with Gasteiger partial charge in [0.1, 0.15) is 5.75 Å². The minimum atomic E-state index is -3.76. The number of para-hydroxylation sites is 2. The summed E-state index contributed by atoms with van der Waals surface area (Å²) in [6.07, 6.45) is 1.77. The lowest BCUT2D eigenvalue weighted by atomic mass is 10.3. The summed E-state index contributed by atoms with van der Waals surface area (Å²) in [5.41, 5.74) is 0.735. The van der Waals surface area contributed by atoms with Gasteiger partial charge in [-0.3, -0.25) is 4.57 Å². The molecular formula is C16H14N2O3S2. The van der Waals surface area contributed by atoms with Crippen molar-refractivity contribution in [2.24, 2.45) is 4.40 Å². The van der Waals surface area contributed by atoms with Crippen molar-refractivity contribution in [3.63, 3.8) is 0 Å². The van der Waals surface area contributed by atoms with Gasteiger partial charge in [-0.25, -0.2) is 0 Å². The Bertz CT molecular complexity index is 974. The molecule has 0 fully saturated rings. The minimum absolute atomic E-state index is 0.167. The molecule has 0 aliphatic carbocycles. The van der Waals surface area contributed by atoms with Crippen molar-refractivity contribution in [1.82, 2.24) is 4.57 Å².